The summed E-state index contributed by atoms with van der Waals surface area (Å²) in [5, 5.41) is 5.12. The molecule has 2 rings (SSSR count). The van der Waals surface area contributed by atoms with Crippen molar-refractivity contribution >= 4 is 19.3 Å². The summed E-state index contributed by atoms with van der Waals surface area (Å²) in [4.78, 5) is 25.4. The lowest BCUT2D eigenvalue weighted by Gasteiger charge is -2.39. The Hall–Kier alpha value is -2.22. The average molecular weight is 388 g/mol. The Morgan fingerprint density at radius 2 is 2.18 bits per heavy atom. The smallest absolute Gasteiger partial charge is 0.370 e. The van der Waals surface area contributed by atoms with Crippen molar-refractivity contribution in [1.82, 2.24) is 15.5 Å². The molecule has 1 radical (unpaired) electrons. The summed E-state index contributed by atoms with van der Waals surface area (Å²) < 4.78 is 11.6. The summed E-state index contributed by atoms with van der Waals surface area (Å²) in [5.41, 5.74) is 2.17. The minimum absolute atomic E-state index is 0.0139. The molecule has 2 N–H and O–H groups in total. The Labute approximate surface area is 168 Å². The zero-order valence-corrected chi connectivity index (χ0v) is 17.3. The van der Waals surface area contributed by atoms with Gasteiger partial charge in [-0.05, 0) is 32.2 Å². The predicted octanol–water partition coefficient (Wildman–Crippen LogP) is 1.38. The number of amides is 2. The molecular weight excluding hydrogens is 357 g/mol. The summed E-state index contributed by atoms with van der Waals surface area (Å²) in [6.45, 7) is 8.09. The molecule has 1 atom stereocenters. The Morgan fingerprint density at radius 3 is 2.86 bits per heavy atom. The highest BCUT2D eigenvalue weighted by Crippen LogP contribution is 2.26. The van der Waals surface area contributed by atoms with E-state index in [9.17, 15) is 9.59 Å². The van der Waals surface area contributed by atoms with Gasteiger partial charge in [-0.2, -0.15) is 0 Å². The molecule has 153 valence electrons. The quantitative estimate of drug-likeness (QED) is 0.461. The van der Waals surface area contributed by atoms with E-state index in [4.69, 9.17) is 9.39 Å². The van der Waals surface area contributed by atoms with E-state index in [-0.39, 0.29) is 30.4 Å². The van der Waals surface area contributed by atoms with Crippen LogP contribution in [0.25, 0.3) is 0 Å². The van der Waals surface area contributed by atoms with Crippen LogP contribution in [0.15, 0.2) is 35.3 Å². The maximum atomic E-state index is 12.0. The highest BCUT2D eigenvalue weighted by molar-refractivity contribution is 6.28. The number of carbonyl (C=O) groups excluding carboxylic acids is 2. The summed E-state index contributed by atoms with van der Waals surface area (Å²) >= 11 is 0. The molecule has 0 bridgehead atoms. The maximum Gasteiger partial charge on any atom is 0.370 e. The molecule has 1 unspecified atom stereocenters. The van der Waals surface area contributed by atoms with Crippen molar-refractivity contribution in [2.75, 3.05) is 33.2 Å². The number of likely N-dealkylation sites (N-methyl/N-ethyl adjacent to an activating group) is 1. The molecule has 2 heterocycles. The van der Waals surface area contributed by atoms with E-state index in [1.807, 2.05) is 34.3 Å². The first-order valence-corrected chi connectivity index (χ1v) is 9.82. The SMILES string of the molecule is C/C=C\C1=C(C(/C)=C/OC2CN(CC(C)C(=O)NCC(=O)NC)C2)O[B]CC1. The van der Waals surface area contributed by atoms with Gasteiger partial charge >= 0.3 is 7.48 Å². The molecule has 2 amide bonds. The van der Waals surface area contributed by atoms with Crippen molar-refractivity contribution in [3.63, 3.8) is 0 Å². The molecule has 2 aliphatic heterocycles. The molecule has 0 spiro atoms. The average Bonchev–Trinajstić information content (AvgIpc) is 2.67. The molecule has 7 nitrogen and oxygen atoms in total. The lowest BCUT2D eigenvalue weighted by atomic mass is 9.85. The second-order valence-electron chi connectivity index (χ2n) is 7.25. The van der Waals surface area contributed by atoms with Crippen molar-refractivity contribution in [2.45, 2.75) is 39.6 Å². The Kier molecular flexibility index (Phi) is 8.63. The molecule has 1 fully saturated rings. The van der Waals surface area contributed by atoms with Crippen molar-refractivity contribution in [3.8, 4) is 0 Å². The largest absolute Gasteiger partial charge is 0.563 e. The topological polar surface area (TPSA) is 79.9 Å². The van der Waals surface area contributed by atoms with Crippen LogP contribution in [0.1, 0.15) is 27.2 Å². The molecule has 0 saturated carbocycles. The third kappa shape index (κ3) is 6.44. The Morgan fingerprint density at radius 1 is 1.43 bits per heavy atom. The van der Waals surface area contributed by atoms with Crippen molar-refractivity contribution in [3.05, 3.63) is 35.3 Å². The van der Waals surface area contributed by atoms with Gasteiger partial charge in [-0.3, -0.25) is 14.5 Å². The first-order valence-electron chi connectivity index (χ1n) is 9.82. The number of ether oxygens (including phenoxy) is 1. The van der Waals surface area contributed by atoms with Crippen LogP contribution in [0, 0.1) is 5.92 Å². The van der Waals surface area contributed by atoms with Crippen LogP contribution in [0.2, 0.25) is 6.32 Å². The molecule has 0 aromatic rings. The van der Waals surface area contributed by atoms with E-state index in [0.29, 0.717) is 6.54 Å². The normalized spacial score (nSPS) is 19.5. The zero-order valence-electron chi connectivity index (χ0n) is 17.3. The van der Waals surface area contributed by atoms with Gasteiger partial charge in [0.05, 0.1) is 12.8 Å². The number of carbonyl (C=O) groups is 2. The molecule has 28 heavy (non-hydrogen) atoms. The summed E-state index contributed by atoms with van der Waals surface area (Å²) in [5.74, 6) is 0.384. The number of allylic oxidation sites excluding steroid dienone is 4. The zero-order chi connectivity index (χ0) is 20.5. The van der Waals surface area contributed by atoms with Gasteiger partial charge in [0, 0.05) is 38.2 Å². The first-order chi connectivity index (χ1) is 13.4. The van der Waals surface area contributed by atoms with Crippen LogP contribution in [-0.4, -0.2) is 63.5 Å². The highest BCUT2D eigenvalue weighted by Gasteiger charge is 2.30. The van der Waals surface area contributed by atoms with E-state index in [2.05, 4.69) is 21.6 Å². The van der Waals surface area contributed by atoms with Crippen molar-refractivity contribution < 1.29 is 19.0 Å². The standard InChI is InChI=1S/C20H31BN3O4/c1-5-6-16-7-8-21-28-19(16)15(3)13-27-17-11-24(12-17)10-14(2)20(26)23-9-18(25)22-4/h5-6,13-14,17H,7-12H2,1-4H3,(H,22,25)(H,23,26)/b6-5-,15-13+. The molecule has 2 aliphatic rings. The van der Waals surface area contributed by atoms with E-state index >= 15 is 0 Å². The minimum Gasteiger partial charge on any atom is -0.563 e. The van der Waals surface area contributed by atoms with Crippen LogP contribution in [-0.2, 0) is 19.0 Å². The Bertz CT molecular complexity index is 654. The van der Waals surface area contributed by atoms with Gasteiger partial charge in [-0.25, -0.2) is 0 Å². The van der Waals surface area contributed by atoms with E-state index in [1.54, 1.807) is 13.3 Å². The van der Waals surface area contributed by atoms with Crippen LogP contribution >= 0.6 is 0 Å². The van der Waals surface area contributed by atoms with Crippen molar-refractivity contribution in [1.29, 1.82) is 0 Å². The molecule has 8 heteroatoms. The first kappa shape index (κ1) is 22.1. The second kappa shape index (κ2) is 10.9. The second-order valence-corrected chi connectivity index (χ2v) is 7.25. The monoisotopic (exact) mass is 388 g/mol. The number of nitrogens with zero attached hydrogens (tertiary/aromatic N) is 1. The van der Waals surface area contributed by atoms with E-state index < -0.39 is 0 Å². The number of rotatable bonds is 9. The van der Waals surface area contributed by atoms with Gasteiger partial charge in [-0.1, -0.05) is 19.1 Å². The van der Waals surface area contributed by atoms with E-state index in [1.165, 1.54) is 5.57 Å². The number of hydrogen-bond acceptors (Lipinski definition) is 5. The lowest BCUT2D eigenvalue weighted by Crippen LogP contribution is -2.54. The van der Waals surface area contributed by atoms with E-state index in [0.717, 1.165) is 37.2 Å². The molecule has 1 saturated heterocycles. The van der Waals surface area contributed by atoms with Gasteiger partial charge in [0.1, 0.15) is 11.9 Å². The lowest BCUT2D eigenvalue weighted by molar-refractivity contribution is -0.129. The minimum atomic E-state index is -0.202. The highest BCUT2D eigenvalue weighted by atomic mass is 16.5. The van der Waals surface area contributed by atoms with Crippen LogP contribution in [0.4, 0.5) is 0 Å². The van der Waals surface area contributed by atoms with Gasteiger partial charge in [0.25, 0.3) is 0 Å². The Balaban J connectivity index is 1.74. The molecule has 0 aliphatic carbocycles. The fraction of sp³-hybridized carbons (Fsp3) is 0.600. The summed E-state index contributed by atoms with van der Waals surface area (Å²) in [7, 11) is 3.38. The third-order valence-corrected chi connectivity index (χ3v) is 4.79. The third-order valence-electron chi connectivity index (χ3n) is 4.79. The summed E-state index contributed by atoms with van der Waals surface area (Å²) in [6, 6.07) is 0. The molecular formula is C20H31BN3O4. The maximum absolute atomic E-state index is 12.0. The van der Waals surface area contributed by atoms with Gasteiger partial charge in [-0.15, -0.1) is 0 Å². The van der Waals surface area contributed by atoms with Gasteiger partial charge < -0.3 is 20.0 Å². The number of hydrogen-bond donors (Lipinski definition) is 2. The van der Waals surface area contributed by atoms with Crippen LogP contribution in [0.5, 0.6) is 0 Å². The van der Waals surface area contributed by atoms with Crippen LogP contribution < -0.4 is 10.6 Å². The fourth-order valence-corrected chi connectivity index (χ4v) is 3.16. The number of nitrogens with one attached hydrogen (secondary N) is 2. The van der Waals surface area contributed by atoms with Gasteiger partial charge in [0.15, 0.2) is 0 Å². The fourth-order valence-electron chi connectivity index (χ4n) is 3.16. The van der Waals surface area contributed by atoms with Crippen LogP contribution in [0.3, 0.4) is 0 Å². The molecule has 0 aromatic carbocycles. The molecule has 0 aromatic heterocycles. The van der Waals surface area contributed by atoms with Crippen molar-refractivity contribution in [2.24, 2.45) is 5.92 Å². The summed E-state index contributed by atoms with van der Waals surface area (Å²) in [6.07, 6.45) is 7.90. The van der Waals surface area contributed by atoms with Gasteiger partial charge in [0.2, 0.25) is 11.8 Å². The predicted molar refractivity (Wildman–Crippen MR) is 109 cm³/mol. The number of likely N-dealkylation sites (tertiary alicyclic amines) is 1.